The lowest BCUT2D eigenvalue weighted by Crippen LogP contribution is -2.02. The van der Waals surface area contributed by atoms with Crippen molar-refractivity contribution in [1.29, 1.82) is 0 Å². The van der Waals surface area contributed by atoms with Gasteiger partial charge in [-0.15, -0.1) is 0 Å². The molecule has 3 nitrogen and oxygen atoms in total. The second-order valence-electron chi connectivity index (χ2n) is 4.39. The topological polar surface area (TPSA) is 30.5 Å². The summed E-state index contributed by atoms with van der Waals surface area (Å²) in [4.78, 5) is 0. The van der Waals surface area contributed by atoms with Crippen LogP contribution in [-0.2, 0) is 6.54 Å². The monoisotopic (exact) mass is 391 g/mol. The number of hydrogen-bond acceptors (Lipinski definition) is 3. The van der Waals surface area contributed by atoms with Gasteiger partial charge in [-0.2, -0.15) is 0 Å². The molecule has 2 aromatic rings. The summed E-state index contributed by atoms with van der Waals surface area (Å²) >= 11 is 15.5. The SMILES string of the molecule is Fc1cc(Cl)c(NCc2cc3c(cc2Br)OCO3)c(Cl)c1. The smallest absolute Gasteiger partial charge is 0.231 e. The molecule has 0 unspecified atom stereocenters. The molecule has 1 N–H and O–H groups in total. The predicted molar refractivity (Wildman–Crippen MR) is 84.0 cm³/mol. The maximum Gasteiger partial charge on any atom is 0.231 e. The fraction of sp³-hybridized carbons (Fsp3) is 0.143. The van der Waals surface area contributed by atoms with Crippen molar-refractivity contribution in [2.75, 3.05) is 12.1 Å². The van der Waals surface area contributed by atoms with Crippen molar-refractivity contribution < 1.29 is 13.9 Å². The summed E-state index contributed by atoms with van der Waals surface area (Å²) in [6.07, 6.45) is 0. The Labute approximate surface area is 139 Å². The number of fused-ring (bicyclic) bond motifs is 1. The van der Waals surface area contributed by atoms with E-state index >= 15 is 0 Å². The van der Waals surface area contributed by atoms with Crippen LogP contribution in [0.25, 0.3) is 0 Å². The van der Waals surface area contributed by atoms with Gasteiger partial charge in [0.25, 0.3) is 0 Å². The van der Waals surface area contributed by atoms with E-state index in [4.69, 9.17) is 32.7 Å². The fourth-order valence-electron chi connectivity index (χ4n) is 1.99. The minimum Gasteiger partial charge on any atom is -0.454 e. The fourth-order valence-corrected chi connectivity index (χ4v) is 3.05. The first-order valence-corrected chi connectivity index (χ1v) is 7.56. The zero-order valence-electron chi connectivity index (χ0n) is 10.6. The summed E-state index contributed by atoms with van der Waals surface area (Å²) in [5.74, 6) is 0.912. The number of ether oxygens (including phenoxy) is 2. The van der Waals surface area contributed by atoms with Crippen LogP contribution in [0.2, 0.25) is 10.0 Å². The van der Waals surface area contributed by atoms with Gasteiger partial charge in [0.15, 0.2) is 11.5 Å². The molecule has 1 aliphatic heterocycles. The lowest BCUT2D eigenvalue weighted by molar-refractivity contribution is 0.174. The van der Waals surface area contributed by atoms with Gasteiger partial charge >= 0.3 is 0 Å². The molecule has 0 amide bonds. The number of hydrogen-bond donors (Lipinski definition) is 1. The van der Waals surface area contributed by atoms with Crippen molar-refractivity contribution >= 4 is 44.8 Å². The van der Waals surface area contributed by atoms with Crippen LogP contribution < -0.4 is 14.8 Å². The molecule has 110 valence electrons. The van der Waals surface area contributed by atoms with Gasteiger partial charge in [0, 0.05) is 11.0 Å². The maximum absolute atomic E-state index is 13.2. The molecule has 21 heavy (non-hydrogen) atoms. The highest BCUT2D eigenvalue weighted by Crippen LogP contribution is 2.38. The van der Waals surface area contributed by atoms with E-state index in [0.717, 1.165) is 10.0 Å². The zero-order chi connectivity index (χ0) is 15.0. The molecule has 0 radical (unpaired) electrons. The normalized spacial score (nSPS) is 12.6. The summed E-state index contributed by atoms with van der Waals surface area (Å²) in [7, 11) is 0. The van der Waals surface area contributed by atoms with Crippen LogP contribution in [0.5, 0.6) is 11.5 Å². The van der Waals surface area contributed by atoms with E-state index in [1.807, 2.05) is 12.1 Å². The molecule has 0 aliphatic carbocycles. The molecule has 0 bridgehead atoms. The molecule has 0 fully saturated rings. The van der Waals surface area contributed by atoms with Crippen LogP contribution in [0.15, 0.2) is 28.7 Å². The van der Waals surface area contributed by atoms with Crippen molar-refractivity contribution in [2.24, 2.45) is 0 Å². The maximum atomic E-state index is 13.2. The first kappa shape index (κ1) is 14.8. The molecule has 2 aromatic carbocycles. The van der Waals surface area contributed by atoms with Gasteiger partial charge in [0.2, 0.25) is 6.79 Å². The Morgan fingerprint density at radius 1 is 1.10 bits per heavy atom. The lowest BCUT2D eigenvalue weighted by atomic mass is 10.2. The highest BCUT2D eigenvalue weighted by atomic mass is 79.9. The number of rotatable bonds is 3. The Morgan fingerprint density at radius 3 is 2.38 bits per heavy atom. The van der Waals surface area contributed by atoms with Crippen molar-refractivity contribution in [3.8, 4) is 11.5 Å². The molecular weight excluding hydrogens is 384 g/mol. The third-order valence-corrected chi connectivity index (χ3v) is 4.34. The zero-order valence-corrected chi connectivity index (χ0v) is 13.6. The molecule has 0 saturated carbocycles. The van der Waals surface area contributed by atoms with E-state index in [-0.39, 0.29) is 16.8 Å². The Bertz CT molecular complexity index is 689. The Hall–Kier alpha value is -1.17. The minimum absolute atomic E-state index is 0.217. The molecule has 0 spiro atoms. The van der Waals surface area contributed by atoms with Gasteiger partial charge in [-0.3, -0.25) is 0 Å². The van der Waals surface area contributed by atoms with E-state index in [9.17, 15) is 4.39 Å². The molecule has 1 aliphatic rings. The number of benzene rings is 2. The van der Waals surface area contributed by atoms with Gasteiger partial charge in [-0.1, -0.05) is 39.1 Å². The molecular formula is C14H9BrCl2FNO2. The number of anilines is 1. The van der Waals surface area contributed by atoms with Crippen molar-refractivity contribution in [2.45, 2.75) is 6.54 Å². The van der Waals surface area contributed by atoms with E-state index < -0.39 is 5.82 Å². The van der Waals surface area contributed by atoms with E-state index in [2.05, 4.69) is 21.2 Å². The van der Waals surface area contributed by atoms with Crippen molar-refractivity contribution in [3.63, 3.8) is 0 Å². The van der Waals surface area contributed by atoms with Gasteiger partial charge in [0.05, 0.1) is 15.7 Å². The summed E-state index contributed by atoms with van der Waals surface area (Å²) in [6.45, 7) is 0.663. The average Bonchev–Trinajstić information content (AvgIpc) is 2.84. The van der Waals surface area contributed by atoms with Crippen LogP contribution in [-0.4, -0.2) is 6.79 Å². The van der Waals surface area contributed by atoms with E-state index in [0.29, 0.717) is 23.7 Å². The quantitative estimate of drug-likeness (QED) is 0.775. The molecule has 0 atom stereocenters. The van der Waals surface area contributed by atoms with Crippen LogP contribution in [0.1, 0.15) is 5.56 Å². The van der Waals surface area contributed by atoms with E-state index in [1.54, 1.807) is 0 Å². The van der Waals surface area contributed by atoms with Gasteiger partial charge in [-0.05, 0) is 29.8 Å². The van der Waals surface area contributed by atoms with Crippen LogP contribution >= 0.6 is 39.1 Å². The van der Waals surface area contributed by atoms with Crippen LogP contribution in [0, 0.1) is 5.82 Å². The standard InChI is InChI=1S/C14H9BrCl2FNO2/c15-9-4-13-12(20-6-21-13)1-7(9)5-19-14-10(16)2-8(18)3-11(14)17/h1-4,19H,5-6H2. The third-order valence-electron chi connectivity index (χ3n) is 3.00. The molecule has 0 aromatic heterocycles. The number of halogens is 4. The largest absolute Gasteiger partial charge is 0.454 e. The molecule has 7 heteroatoms. The lowest BCUT2D eigenvalue weighted by Gasteiger charge is -2.12. The molecule has 1 heterocycles. The Morgan fingerprint density at radius 2 is 1.71 bits per heavy atom. The van der Waals surface area contributed by atoms with Gasteiger partial charge < -0.3 is 14.8 Å². The van der Waals surface area contributed by atoms with Crippen molar-refractivity contribution in [3.05, 3.63) is 50.2 Å². The first-order chi connectivity index (χ1) is 10.0. The Kier molecular flexibility index (Phi) is 4.15. The van der Waals surface area contributed by atoms with Crippen LogP contribution in [0.3, 0.4) is 0 Å². The summed E-state index contributed by atoms with van der Waals surface area (Å²) in [6, 6.07) is 6.13. The second kappa shape index (κ2) is 5.91. The average molecular weight is 393 g/mol. The second-order valence-corrected chi connectivity index (χ2v) is 6.06. The highest BCUT2D eigenvalue weighted by Gasteiger charge is 2.16. The van der Waals surface area contributed by atoms with Crippen LogP contribution in [0.4, 0.5) is 10.1 Å². The minimum atomic E-state index is -0.472. The number of nitrogens with one attached hydrogen (secondary N) is 1. The van der Waals surface area contributed by atoms with Crippen molar-refractivity contribution in [1.82, 2.24) is 0 Å². The molecule has 0 saturated heterocycles. The predicted octanol–water partition coefficient (Wildman–Crippen LogP) is 5.24. The summed E-state index contributed by atoms with van der Waals surface area (Å²) in [5.41, 5.74) is 1.43. The highest BCUT2D eigenvalue weighted by molar-refractivity contribution is 9.10. The third kappa shape index (κ3) is 3.05. The summed E-state index contributed by atoms with van der Waals surface area (Å²) in [5, 5.41) is 3.57. The van der Waals surface area contributed by atoms with Gasteiger partial charge in [0.1, 0.15) is 5.82 Å². The van der Waals surface area contributed by atoms with E-state index in [1.165, 1.54) is 12.1 Å². The summed E-state index contributed by atoms with van der Waals surface area (Å²) < 4.78 is 24.6. The van der Waals surface area contributed by atoms with Gasteiger partial charge in [-0.25, -0.2) is 4.39 Å². The first-order valence-electron chi connectivity index (χ1n) is 6.01. The Balaban J connectivity index is 1.83. The molecule has 3 rings (SSSR count).